The zero-order valence-corrected chi connectivity index (χ0v) is 9.11. The molecule has 0 aromatic carbocycles. The van der Waals surface area contributed by atoms with Gasteiger partial charge in [0.2, 0.25) is 0 Å². The van der Waals surface area contributed by atoms with Crippen LogP contribution in [-0.2, 0) is 4.74 Å². The molecule has 0 bridgehead atoms. The lowest BCUT2D eigenvalue weighted by Crippen LogP contribution is -2.57. The van der Waals surface area contributed by atoms with Crippen LogP contribution in [0.5, 0.6) is 0 Å². The molecule has 3 rings (SSSR count). The zero-order valence-electron chi connectivity index (χ0n) is 9.11. The first-order valence-corrected chi connectivity index (χ1v) is 6.27. The third-order valence-corrected chi connectivity index (χ3v) is 4.65. The minimum absolute atomic E-state index is 0.226. The number of aliphatic hydroxyl groups excluding tert-OH is 1. The molecule has 0 aromatic rings. The Morgan fingerprint density at radius 1 is 1.00 bits per heavy atom. The first-order chi connectivity index (χ1) is 7.19. The highest BCUT2D eigenvalue weighted by atomic mass is 16.6. The Morgan fingerprint density at radius 3 is 2.47 bits per heavy atom. The highest BCUT2D eigenvalue weighted by molar-refractivity contribution is 5.19. The molecule has 0 radical (unpaired) electrons. The highest BCUT2D eigenvalue weighted by Gasteiger charge is 2.70. The van der Waals surface area contributed by atoms with Crippen LogP contribution in [0, 0.1) is 0 Å². The molecule has 2 saturated carbocycles. The summed E-state index contributed by atoms with van der Waals surface area (Å²) < 4.78 is 5.77. The molecule has 1 saturated heterocycles. The maximum atomic E-state index is 10.7. The fourth-order valence-corrected chi connectivity index (χ4v) is 3.68. The van der Waals surface area contributed by atoms with Gasteiger partial charge in [0.05, 0.1) is 12.2 Å². The number of ether oxygens (including phenoxy) is 1. The van der Waals surface area contributed by atoms with Crippen molar-refractivity contribution in [1.82, 2.24) is 0 Å². The Kier molecular flexibility index (Phi) is 2.14. The molecule has 0 amide bonds. The third kappa shape index (κ3) is 1.23. The van der Waals surface area contributed by atoms with E-state index in [1.54, 1.807) is 0 Å². The van der Waals surface area contributed by atoms with Crippen molar-refractivity contribution in [2.75, 3.05) is 0 Å². The Balaban J connectivity index is 1.85. The average Bonchev–Trinajstić information content (AvgIpc) is 2.98. The summed E-state index contributed by atoms with van der Waals surface area (Å²) in [4.78, 5) is 0. The standard InChI is InChI=1S/C12H20O3/c13-9-5-1-3-7-11(9,14)12-8-4-2-6-10(12)15-12/h9-10,13-14H,1-8H2. The summed E-state index contributed by atoms with van der Waals surface area (Å²) in [6, 6.07) is 0. The predicted molar refractivity (Wildman–Crippen MR) is 55.5 cm³/mol. The largest absolute Gasteiger partial charge is 0.390 e. The molecule has 3 heteroatoms. The van der Waals surface area contributed by atoms with Crippen LogP contribution in [0.4, 0.5) is 0 Å². The molecule has 1 heterocycles. The molecule has 3 nitrogen and oxygen atoms in total. The van der Waals surface area contributed by atoms with Crippen LogP contribution in [0.3, 0.4) is 0 Å². The summed E-state index contributed by atoms with van der Waals surface area (Å²) in [5, 5.41) is 20.7. The van der Waals surface area contributed by atoms with Crippen LogP contribution >= 0.6 is 0 Å². The van der Waals surface area contributed by atoms with Gasteiger partial charge in [0.1, 0.15) is 11.2 Å². The second-order valence-electron chi connectivity index (χ2n) is 5.43. The molecule has 0 aromatic heterocycles. The van der Waals surface area contributed by atoms with E-state index in [2.05, 4.69) is 0 Å². The number of hydrogen-bond acceptors (Lipinski definition) is 3. The normalized spacial score (nSPS) is 54.8. The maximum absolute atomic E-state index is 10.7. The monoisotopic (exact) mass is 212 g/mol. The molecular formula is C12H20O3. The van der Waals surface area contributed by atoms with Gasteiger partial charge >= 0.3 is 0 Å². The van der Waals surface area contributed by atoms with E-state index < -0.39 is 11.7 Å². The van der Waals surface area contributed by atoms with Crippen LogP contribution < -0.4 is 0 Å². The van der Waals surface area contributed by atoms with Gasteiger partial charge in [-0.05, 0) is 25.7 Å². The number of hydrogen-bond donors (Lipinski definition) is 2. The minimum Gasteiger partial charge on any atom is -0.390 e. The lowest BCUT2D eigenvalue weighted by atomic mass is 9.68. The van der Waals surface area contributed by atoms with Crippen LogP contribution in [-0.4, -0.2) is 33.6 Å². The molecule has 2 aliphatic carbocycles. The van der Waals surface area contributed by atoms with E-state index in [1.165, 1.54) is 6.42 Å². The Bertz CT molecular complexity index is 268. The van der Waals surface area contributed by atoms with Gasteiger partial charge in [-0.3, -0.25) is 0 Å². The number of fused-ring (bicyclic) bond motifs is 1. The summed E-state index contributed by atoms with van der Waals surface area (Å²) in [6.07, 6.45) is 7.48. The molecule has 4 unspecified atom stereocenters. The SMILES string of the molecule is OC1CCCCC1(O)C12CCCCC1O2. The fraction of sp³-hybridized carbons (Fsp3) is 1.00. The zero-order chi connectivity index (χ0) is 10.5. The van der Waals surface area contributed by atoms with Crippen molar-refractivity contribution in [3.8, 4) is 0 Å². The van der Waals surface area contributed by atoms with Crippen molar-refractivity contribution in [3.05, 3.63) is 0 Å². The molecular weight excluding hydrogens is 192 g/mol. The van der Waals surface area contributed by atoms with Crippen molar-refractivity contribution in [2.24, 2.45) is 0 Å². The predicted octanol–water partition coefficient (Wildman–Crippen LogP) is 1.36. The topological polar surface area (TPSA) is 53.0 Å². The summed E-state index contributed by atoms with van der Waals surface area (Å²) in [6.45, 7) is 0. The van der Waals surface area contributed by atoms with Crippen molar-refractivity contribution in [2.45, 2.75) is 74.8 Å². The Hall–Kier alpha value is -0.120. The summed E-state index contributed by atoms with van der Waals surface area (Å²) in [5.41, 5.74) is -1.32. The summed E-state index contributed by atoms with van der Waals surface area (Å²) in [5.74, 6) is 0. The van der Waals surface area contributed by atoms with Crippen LogP contribution in [0.15, 0.2) is 0 Å². The van der Waals surface area contributed by atoms with Crippen molar-refractivity contribution in [3.63, 3.8) is 0 Å². The third-order valence-electron chi connectivity index (χ3n) is 4.65. The smallest absolute Gasteiger partial charge is 0.126 e. The van der Waals surface area contributed by atoms with E-state index in [9.17, 15) is 10.2 Å². The quantitative estimate of drug-likeness (QED) is 0.645. The van der Waals surface area contributed by atoms with Crippen molar-refractivity contribution < 1.29 is 14.9 Å². The fourth-order valence-electron chi connectivity index (χ4n) is 3.68. The number of rotatable bonds is 1. The molecule has 1 aliphatic heterocycles. The van der Waals surface area contributed by atoms with Crippen LogP contribution in [0.25, 0.3) is 0 Å². The van der Waals surface area contributed by atoms with E-state index in [-0.39, 0.29) is 11.7 Å². The second kappa shape index (κ2) is 3.19. The van der Waals surface area contributed by atoms with Gasteiger partial charge in [0.15, 0.2) is 0 Å². The summed E-state index contributed by atoms with van der Waals surface area (Å²) >= 11 is 0. The van der Waals surface area contributed by atoms with Crippen molar-refractivity contribution in [1.29, 1.82) is 0 Å². The molecule has 2 N–H and O–H groups in total. The van der Waals surface area contributed by atoms with E-state index in [0.29, 0.717) is 6.42 Å². The van der Waals surface area contributed by atoms with E-state index in [4.69, 9.17) is 4.74 Å². The second-order valence-corrected chi connectivity index (χ2v) is 5.43. The minimum atomic E-state index is -0.948. The lowest BCUT2D eigenvalue weighted by molar-refractivity contribution is -0.148. The lowest BCUT2D eigenvalue weighted by Gasteiger charge is -2.42. The number of aliphatic hydroxyl groups is 2. The van der Waals surface area contributed by atoms with Gasteiger partial charge in [-0.15, -0.1) is 0 Å². The molecule has 3 fully saturated rings. The van der Waals surface area contributed by atoms with Gasteiger partial charge in [-0.1, -0.05) is 25.7 Å². The van der Waals surface area contributed by atoms with Gasteiger partial charge in [0, 0.05) is 0 Å². The highest BCUT2D eigenvalue weighted by Crippen LogP contribution is 2.58. The first kappa shape index (κ1) is 10.1. The van der Waals surface area contributed by atoms with Crippen LogP contribution in [0.2, 0.25) is 0 Å². The molecule has 4 atom stereocenters. The van der Waals surface area contributed by atoms with Gasteiger partial charge in [0.25, 0.3) is 0 Å². The summed E-state index contributed by atoms with van der Waals surface area (Å²) in [7, 11) is 0. The maximum Gasteiger partial charge on any atom is 0.126 e. The molecule has 86 valence electrons. The molecule has 3 aliphatic rings. The molecule has 15 heavy (non-hydrogen) atoms. The van der Waals surface area contributed by atoms with E-state index >= 15 is 0 Å². The van der Waals surface area contributed by atoms with Crippen LogP contribution in [0.1, 0.15) is 51.4 Å². The van der Waals surface area contributed by atoms with E-state index in [1.807, 2.05) is 0 Å². The van der Waals surface area contributed by atoms with Crippen molar-refractivity contribution >= 4 is 0 Å². The number of epoxide rings is 1. The van der Waals surface area contributed by atoms with Gasteiger partial charge in [-0.2, -0.15) is 0 Å². The van der Waals surface area contributed by atoms with E-state index in [0.717, 1.165) is 38.5 Å². The van der Waals surface area contributed by atoms with Gasteiger partial charge < -0.3 is 14.9 Å². The Morgan fingerprint density at radius 2 is 1.73 bits per heavy atom. The first-order valence-electron chi connectivity index (χ1n) is 6.27. The van der Waals surface area contributed by atoms with Gasteiger partial charge in [-0.25, -0.2) is 0 Å². The molecule has 0 spiro atoms. The Labute approximate surface area is 90.4 Å². The average molecular weight is 212 g/mol.